The number of hydrogen-bond acceptors (Lipinski definition) is 5. The first-order valence-electron chi connectivity index (χ1n) is 12.8. The third kappa shape index (κ3) is 3.41. The summed E-state index contributed by atoms with van der Waals surface area (Å²) in [4.78, 5) is 15.6. The van der Waals surface area contributed by atoms with Crippen LogP contribution in [0.4, 0.5) is 17.1 Å². The van der Waals surface area contributed by atoms with Crippen molar-refractivity contribution in [2.24, 2.45) is 0 Å². The molecule has 0 saturated carbocycles. The quantitative estimate of drug-likeness (QED) is 0.294. The number of anilines is 3. The molecule has 0 aromatic heterocycles. The summed E-state index contributed by atoms with van der Waals surface area (Å²) in [5.41, 5.74) is 7.12. The van der Waals surface area contributed by atoms with Crippen molar-refractivity contribution in [3.05, 3.63) is 112 Å². The zero-order valence-corrected chi connectivity index (χ0v) is 21.6. The highest BCUT2D eigenvalue weighted by molar-refractivity contribution is 5.97. The molecule has 2 aliphatic heterocycles. The summed E-state index contributed by atoms with van der Waals surface area (Å²) in [7, 11) is 0. The van der Waals surface area contributed by atoms with Crippen LogP contribution < -0.4 is 15.0 Å². The molecule has 0 amide bonds. The highest BCUT2D eigenvalue weighted by Gasteiger charge is 2.54. The lowest BCUT2D eigenvalue weighted by Gasteiger charge is -2.38. The van der Waals surface area contributed by atoms with Gasteiger partial charge in [0.1, 0.15) is 11.5 Å². The van der Waals surface area contributed by atoms with Gasteiger partial charge in [0.25, 0.3) is 0 Å². The molecule has 2 heterocycles. The second kappa shape index (κ2) is 8.70. The average Bonchev–Trinajstić information content (AvgIpc) is 3.22. The molecule has 6 rings (SSSR count). The van der Waals surface area contributed by atoms with Crippen LogP contribution in [0.3, 0.4) is 0 Å². The van der Waals surface area contributed by atoms with Crippen LogP contribution in [0.15, 0.2) is 78.9 Å². The third-order valence-corrected chi connectivity index (χ3v) is 7.73. The van der Waals surface area contributed by atoms with Crippen molar-refractivity contribution in [3.63, 3.8) is 0 Å². The number of benzene rings is 4. The smallest absolute Gasteiger partial charge is 0.340 e. The van der Waals surface area contributed by atoms with Gasteiger partial charge in [-0.2, -0.15) is 0 Å². The van der Waals surface area contributed by atoms with E-state index in [0.29, 0.717) is 11.3 Å². The molecular weight excluding hydrogens is 460 g/mol. The Morgan fingerprint density at radius 2 is 1.54 bits per heavy atom. The van der Waals surface area contributed by atoms with Gasteiger partial charge in [-0.15, -0.1) is 0 Å². The van der Waals surface area contributed by atoms with Crippen LogP contribution in [0.1, 0.15) is 52.0 Å². The Kier molecular flexibility index (Phi) is 5.45. The molecule has 1 atom stereocenters. The number of fused-ring (bicyclic) bond motifs is 6. The van der Waals surface area contributed by atoms with Gasteiger partial charge < -0.3 is 19.7 Å². The summed E-state index contributed by atoms with van der Waals surface area (Å²) < 4.78 is 13.1. The Morgan fingerprint density at radius 1 is 0.811 bits per heavy atom. The molecule has 0 fully saturated rings. The average molecular weight is 491 g/mol. The number of nitrogens with zero attached hydrogens (tertiary/aromatic N) is 1. The molecule has 0 aliphatic carbocycles. The molecule has 37 heavy (non-hydrogen) atoms. The standard InChI is InChI=1S/C32H30N2O3/c1-5-34(6-2)23-16-17-26-29(18-23)36-30-21(4)20(3)28(33-22-12-8-7-9-13-22)19-27(30)32(26)25-15-11-10-14-24(25)31(35)37-32/h7-19,33H,5-6H2,1-4H3. The summed E-state index contributed by atoms with van der Waals surface area (Å²) in [6.07, 6.45) is 0. The maximum Gasteiger partial charge on any atom is 0.340 e. The van der Waals surface area contributed by atoms with Gasteiger partial charge in [-0.3, -0.25) is 0 Å². The van der Waals surface area contributed by atoms with E-state index in [9.17, 15) is 4.79 Å². The van der Waals surface area contributed by atoms with E-state index in [-0.39, 0.29) is 5.97 Å². The number of esters is 1. The van der Waals surface area contributed by atoms with Crippen LogP contribution in [-0.2, 0) is 10.3 Å². The topological polar surface area (TPSA) is 50.8 Å². The molecule has 4 aromatic rings. The molecule has 4 aromatic carbocycles. The highest BCUT2D eigenvalue weighted by Crippen LogP contribution is 2.58. The van der Waals surface area contributed by atoms with Crippen molar-refractivity contribution in [1.29, 1.82) is 0 Å². The zero-order chi connectivity index (χ0) is 25.7. The van der Waals surface area contributed by atoms with E-state index < -0.39 is 5.60 Å². The summed E-state index contributed by atoms with van der Waals surface area (Å²) in [5.74, 6) is 1.13. The monoisotopic (exact) mass is 490 g/mol. The first-order valence-corrected chi connectivity index (χ1v) is 12.8. The van der Waals surface area contributed by atoms with Crippen LogP contribution in [0.2, 0.25) is 0 Å². The zero-order valence-electron chi connectivity index (χ0n) is 21.6. The van der Waals surface area contributed by atoms with E-state index in [4.69, 9.17) is 9.47 Å². The van der Waals surface area contributed by atoms with Gasteiger partial charge in [-0.1, -0.05) is 36.4 Å². The predicted octanol–water partition coefficient (Wildman–Crippen LogP) is 7.46. The van der Waals surface area contributed by atoms with Crippen LogP contribution in [0, 0.1) is 13.8 Å². The van der Waals surface area contributed by atoms with Crippen LogP contribution >= 0.6 is 0 Å². The molecule has 5 nitrogen and oxygen atoms in total. The number of hydrogen-bond donors (Lipinski definition) is 1. The Bertz CT molecular complexity index is 1530. The molecule has 0 bridgehead atoms. The van der Waals surface area contributed by atoms with Gasteiger partial charge in [0.15, 0.2) is 5.60 Å². The van der Waals surface area contributed by atoms with Crippen molar-refractivity contribution in [2.75, 3.05) is 23.3 Å². The van der Waals surface area contributed by atoms with Crippen molar-refractivity contribution in [3.8, 4) is 11.5 Å². The Hall–Kier alpha value is -4.25. The number of ether oxygens (including phenoxy) is 2. The lowest BCUT2D eigenvalue weighted by molar-refractivity contribution is 0.0224. The minimum atomic E-state index is -1.09. The van der Waals surface area contributed by atoms with Crippen LogP contribution in [0.5, 0.6) is 11.5 Å². The maximum absolute atomic E-state index is 13.3. The van der Waals surface area contributed by atoms with Crippen molar-refractivity contribution < 1.29 is 14.3 Å². The van der Waals surface area contributed by atoms with Crippen molar-refractivity contribution >= 4 is 23.0 Å². The fourth-order valence-corrected chi connectivity index (χ4v) is 5.64. The van der Waals surface area contributed by atoms with E-state index in [1.165, 1.54) is 0 Å². The highest BCUT2D eigenvalue weighted by atomic mass is 16.6. The molecule has 1 unspecified atom stereocenters. The van der Waals surface area contributed by atoms with E-state index >= 15 is 0 Å². The summed E-state index contributed by atoms with van der Waals surface area (Å²) in [6.45, 7) is 10.2. The summed E-state index contributed by atoms with van der Waals surface area (Å²) in [6, 6.07) is 26.1. The Morgan fingerprint density at radius 3 is 2.30 bits per heavy atom. The lowest BCUT2D eigenvalue weighted by Crippen LogP contribution is -2.34. The number of para-hydroxylation sites is 1. The molecule has 0 radical (unpaired) electrons. The third-order valence-electron chi connectivity index (χ3n) is 7.73. The second-order valence-corrected chi connectivity index (χ2v) is 9.61. The molecule has 186 valence electrons. The van der Waals surface area contributed by atoms with Gasteiger partial charge in [0.2, 0.25) is 0 Å². The summed E-state index contributed by atoms with van der Waals surface area (Å²) >= 11 is 0. The van der Waals surface area contributed by atoms with E-state index in [2.05, 4.69) is 62.2 Å². The van der Waals surface area contributed by atoms with E-state index in [1.807, 2.05) is 54.6 Å². The Labute approximate surface area is 217 Å². The normalized spacial score (nSPS) is 16.9. The van der Waals surface area contributed by atoms with E-state index in [1.54, 1.807) is 0 Å². The second-order valence-electron chi connectivity index (χ2n) is 9.61. The first-order chi connectivity index (χ1) is 18.0. The fourth-order valence-electron chi connectivity index (χ4n) is 5.64. The molecule has 1 N–H and O–H groups in total. The number of nitrogens with one attached hydrogen (secondary N) is 1. The SMILES string of the molecule is CCN(CC)c1ccc2c(c1)Oc1c(cc(Nc3ccccc3)c(C)c1C)C21OC(=O)c2ccccc21. The van der Waals surface area contributed by atoms with Gasteiger partial charge in [-0.05, 0) is 75.2 Å². The van der Waals surface area contributed by atoms with Crippen LogP contribution in [-0.4, -0.2) is 19.1 Å². The molecule has 1 spiro atoms. The predicted molar refractivity (Wildman–Crippen MR) is 147 cm³/mol. The number of rotatable bonds is 5. The minimum Gasteiger partial charge on any atom is -0.456 e. The molecule has 2 aliphatic rings. The maximum atomic E-state index is 13.3. The molecule has 0 saturated heterocycles. The Balaban J connectivity index is 1.62. The van der Waals surface area contributed by atoms with Gasteiger partial charge in [-0.25, -0.2) is 4.79 Å². The number of carbonyl (C=O) groups excluding carboxylic acids is 1. The van der Waals surface area contributed by atoms with Crippen molar-refractivity contribution in [2.45, 2.75) is 33.3 Å². The van der Waals surface area contributed by atoms with Crippen molar-refractivity contribution in [1.82, 2.24) is 0 Å². The molecular formula is C32H30N2O3. The lowest BCUT2D eigenvalue weighted by atomic mass is 9.76. The largest absolute Gasteiger partial charge is 0.456 e. The summed E-state index contributed by atoms with van der Waals surface area (Å²) in [5, 5.41) is 3.57. The van der Waals surface area contributed by atoms with Crippen LogP contribution in [0.25, 0.3) is 0 Å². The van der Waals surface area contributed by atoms with Gasteiger partial charge in [0, 0.05) is 52.9 Å². The fraction of sp³-hybridized carbons (Fsp3) is 0.219. The van der Waals surface area contributed by atoms with E-state index in [0.717, 1.165) is 63.7 Å². The first kappa shape index (κ1) is 23.2. The number of carbonyl (C=O) groups is 1. The minimum absolute atomic E-state index is 0.321. The molecule has 5 heteroatoms. The van der Waals surface area contributed by atoms with Gasteiger partial charge in [0.05, 0.1) is 5.56 Å². The van der Waals surface area contributed by atoms with Gasteiger partial charge >= 0.3 is 5.97 Å².